The van der Waals surface area contributed by atoms with E-state index in [-0.39, 0.29) is 11.8 Å². The zero-order valence-corrected chi connectivity index (χ0v) is 15.7. The van der Waals surface area contributed by atoms with Crippen LogP contribution in [0.25, 0.3) is 0 Å². The molecule has 0 saturated heterocycles. The first-order chi connectivity index (χ1) is 13.6. The Morgan fingerprint density at radius 1 is 1.07 bits per heavy atom. The number of rotatable bonds is 5. The molecular formula is C23H22N2O3. The minimum absolute atomic E-state index is 0.0349. The standard InChI is InChI=1S/C23H22N2O3/c1-24(16-19-11-7-13-28-19)23(27)22-20-12-6-5-10-18(20)14-21(26)25(22)15-17-8-3-2-4-9-17/h2-13,22H,14-16H2,1H3. The second-order valence-corrected chi connectivity index (χ2v) is 7.06. The van der Waals surface area contributed by atoms with Gasteiger partial charge in [0.2, 0.25) is 11.8 Å². The Morgan fingerprint density at radius 2 is 1.82 bits per heavy atom. The van der Waals surface area contributed by atoms with Crippen LogP contribution in [0.4, 0.5) is 0 Å². The highest BCUT2D eigenvalue weighted by molar-refractivity contribution is 5.92. The van der Waals surface area contributed by atoms with Gasteiger partial charge in [0.05, 0.1) is 19.2 Å². The van der Waals surface area contributed by atoms with Gasteiger partial charge in [0.15, 0.2) is 0 Å². The average molecular weight is 374 g/mol. The summed E-state index contributed by atoms with van der Waals surface area (Å²) in [7, 11) is 1.74. The fraction of sp³-hybridized carbons (Fsp3) is 0.217. The summed E-state index contributed by atoms with van der Waals surface area (Å²) in [5.41, 5.74) is 2.82. The van der Waals surface area contributed by atoms with E-state index in [4.69, 9.17) is 4.42 Å². The Labute approximate surface area is 164 Å². The highest BCUT2D eigenvalue weighted by Gasteiger charge is 2.38. The highest BCUT2D eigenvalue weighted by atomic mass is 16.3. The maximum absolute atomic E-state index is 13.4. The number of furan rings is 1. The molecule has 5 nitrogen and oxygen atoms in total. The summed E-state index contributed by atoms with van der Waals surface area (Å²) in [5.74, 6) is 0.556. The third-order valence-electron chi connectivity index (χ3n) is 5.10. The van der Waals surface area contributed by atoms with Crippen LogP contribution in [0.15, 0.2) is 77.4 Å². The molecule has 0 bridgehead atoms. The van der Waals surface area contributed by atoms with Gasteiger partial charge in [-0.05, 0) is 28.8 Å². The fourth-order valence-corrected chi connectivity index (χ4v) is 3.69. The van der Waals surface area contributed by atoms with Gasteiger partial charge in [0.1, 0.15) is 11.8 Å². The molecule has 1 aliphatic heterocycles. The maximum atomic E-state index is 13.4. The number of amides is 2. The minimum Gasteiger partial charge on any atom is -0.467 e. The van der Waals surface area contributed by atoms with Gasteiger partial charge in [0, 0.05) is 13.6 Å². The Morgan fingerprint density at radius 3 is 2.57 bits per heavy atom. The van der Waals surface area contributed by atoms with Crippen molar-refractivity contribution >= 4 is 11.8 Å². The van der Waals surface area contributed by atoms with E-state index in [0.29, 0.717) is 25.3 Å². The molecule has 2 aromatic carbocycles. The zero-order valence-electron chi connectivity index (χ0n) is 15.7. The number of nitrogens with zero attached hydrogens (tertiary/aromatic N) is 2. The first-order valence-electron chi connectivity index (χ1n) is 9.32. The predicted octanol–water partition coefficient (Wildman–Crippen LogP) is 3.56. The number of likely N-dealkylation sites (N-methyl/N-ethyl adjacent to an activating group) is 1. The number of carbonyl (C=O) groups excluding carboxylic acids is 2. The summed E-state index contributed by atoms with van der Waals surface area (Å²) < 4.78 is 5.38. The van der Waals surface area contributed by atoms with E-state index in [0.717, 1.165) is 16.7 Å². The van der Waals surface area contributed by atoms with Gasteiger partial charge < -0.3 is 14.2 Å². The number of fused-ring (bicyclic) bond motifs is 1. The number of hydrogen-bond acceptors (Lipinski definition) is 3. The lowest BCUT2D eigenvalue weighted by Crippen LogP contribution is -2.47. The van der Waals surface area contributed by atoms with E-state index in [9.17, 15) is 9.59 Å². The van der Waals surface area contributed by atoms with Crippen molar-refractivity contribution < 1.29 is 14.0 Å². The molecule has 4 rings (SSSR count). The number of hydrogen-bond donors (Lipinski definition) is 0. The third-order valence-corrected chi connectivity index (χ3v) is 5.10. The van der Waals surface area contributed by atoms with Crippen LogP contribution < -0.4 is 0 Å². The van der Waals surface area contributed by atoms with Gasteiger partial charge >= 0.3 is 0 Å². The molecule has 0 spiro atoms. The van der Waals surface area contributed by atoms with Gasteiger partial charge in [-0.3, -0.25) is 9.59 Å². The van der Waals surface area contributed by atoms with Crippen LogP contribution in [0.3, 0.4) is 0 Å². The summed E-state index contributed by atoms with van der Waals surface area (Å²) in [5, 5.41) is 0. The Balaban J connectivity index is 1.67. The molecule has 3 aromatic rings. The summed E-state index contributed by atoms with van der Waals surface area (Å²) in [6, 6.07) is 20.5. The molecule has 28 heavy (non-hydrogen) atoms. The van der Waals surface area contributed by atoms with Crippen LogP contribution in [0.5, 0.6) is 0 Å². The zero-order chi connectivity index (χ0) is 19.5. The van der Waals surface area contributed by atoms with Gasteiger partial charge in [0.25, 0.3) is 0 Å². The molecule has 0 N–H and O–H groups in total. The van der Waals surface area contributed by atoms with Crippen LogP contribution in [-0.2, 0) is 29.1 Å². The highest BCUT2D eigenvalue weighted by Crippen LogP contribution is 2.33. The van der Waals surface area contributed by atoms with Crippen molar-refractivity contribution in [2.45, 2.75) is 25.6 Å². The number of benzene rings is 2. The predicted molar refractivity (Wildman–Crippen MR) is 105 cm³/mol. The SMILES string of the molecule is CN(Cc1ccco1)C(=O)C1c2ccccc2CC(=O)N1Cc1ccccc1. The summed E-state index contributed by atoms with van der Waals surface area (Å²) in [6.07, 6.45) is 1.91. The third kappa shape index (κ3) is 3.56. The molecule has 0 saturated carbocycles. The van der Waals surface area contributed by atoms with Gasteiger partial charge in [-0.25, -0.2) is 0 Å². The Bertz CT molecular complexity index is 967. The average Bonchev–Trinajstić information content (AvgIpc) is 3.22. The van der Waals surface area contributed by atoms with Crippen molar-refractivity contribution in [3.8, 4) is 0 Å². The van der Waals surface area contributed by atoms with Crippen molar-refractivity contribution in [1.82, 2.24) is 9.80 Å². The topological polar surface area (TPSA) is 53.8 Å². The van der Waals surface area contributed by atoms with E-state index in [2.05, 4.69) is 0 Å². The lowest BCUT2D eigenvalue weighted by atomic mass is 9.90. The Hall–Kier alpha value is -3.34. The summed E-state index contributed by atoms with van der Waals surface area (Å²) in [4.78, 5) is 29.7. The monoisotopic (exact) mass is 374 g/mol. The van der Waals surface area contributed by atoms with E-state index < -0.39 is 6.04 Å². The molecule has 0 radical (unpaired) electrons. The second-order valence-electron chi connectivity index (χ2n) is 7.06. The van der Waals surface area contributed by atoms with Crippen LogP contribution >= 0.6 is 0 Å². The lowest BCUT2D eigenvalue weighted by Gasteiger charge is -2.38. The molecule has 1 aliphatic rings. The molecule has 5 heteroatoms. The first-order valence-corrected chi connectivity index (χ1v) is 9.32. The van der Waals surface area contributed by atoms with Crippen molar-refractivity contribution in [2.75, 3.05) is 7.05 Å². The second kappa shape index (κ2) is 7.72. The molecule has 2 amide bonds. The Kier molecular flexibility index (Phi) is 4.98. The number of carbonyl (C=O) groups is 2. The molecule has 0 aliphatic carbocycles. The molecule has 1 aromatic heterocycles. The van der Waals surface area contributed by atoms with E-state index in [1.54, 1.807) is 29.2 Å². The van der Waals surface area contributed by atoms with Gasteiger partial charge in [-0.2, -0.15) is 0 Å². The quantitative estimate of drug-likeness (QED) is 0.686. The van der Waals surface area contributed by atoms with Crippen molar-refractivity contribution in [1.29, 1.82) is 0 Å². The molecule has 1 unspecified atom stereocenters. The summed E-state index contributed by atoms with van der Waals surface area (Å²) in [6.45, 7) is 0.761. The largest absolute Gasteiger partial charge is 0.467 e. The van der Waals surface area contributed by atoms with E-state index in [1.807, 2.05) is 60.7 Å². The van der Waals surface area contributed by atoms with Crippen LogP contribution in [0.2, 0.25) is 0 Å². The van der Waals surface area contributed by atoms with Crippen LogP contribution in [-0.4, -0.2) is 28.7 Å². The smallest absolute Gasteiger partial charge is 0.250 e. The fourth-order valence-electron chi connectivity index (χ4n) is 3.69. The van der Waals surface area contributed by atoms with Crippen LogP contribution in [0.1, 0.15) is 28.5 Å². The van der Waals surface area contributed by atoms with Gasteiger partial charge in [-0.1, -0.05) is 54.6 Å². The van der Waals surface area contributed by atoms with Crippen molar-refractivity contribution in [2.24, 2.45) is 0 Å². The van der Waals surface area contributed by atoms with E-state index in [1.165, 1.54) is 0 Å². The molecular weight excluding hydrogens is 352 g/mol. The molecule has 142 valence electrons. The first kappa shape index (κ1) is 18.0. The van der Waals surface area contributed by atoms with E-state index >= 15 is 0 Å². The molecule has 1 atom stereocenters. The van der Waals surface area contributed by atoms with Crippen LogP contribution in [0, 0.1) is 0 Å². The van der Waals surface area contributed by atoms with Gasteiger partial charge in [-0.15, -0.1) is 0 Å². The normalized spacial score (nSPS) is 16.0. The summed E-state index contributed by atoms with van der Waals surface area (Å²) >= 11 is 0. The van der Waals surface area contributed by atoms with Crippen molar-refractivity contribution in [3.63, 3.8) is 0 Å². The lowest BCUT2D eigenvalue weighted by molar-refractivity contribution is -0.147. The van der Waals surface area contributed by atoms with Crippen molar-refractivity contribution in [3.05, 3.63) is 95.4 Å². The maximum Gasteiger partial charge on any atom is 0.250 e. The molecule has 0 fully saturated rings. The molecule has 2 heterocycles. The minimum atomic E-state index is -0.641.